The van der Waals surface area contributed by atoms with Crippen LogP contribution in [0, 0.1) is 0 Å². The number of thiophene rings is 1. The molecule has 2 nitrogen and oxygen atoms in total. The maximum absolute atomic E-state index is 8.47. The van der Waals surface area contributed by atoms with Crippen molar-refractivity contribution in [3.8, 4) is 0 Å². The summed E-state index contributed by atoms with van der Waals surface area (Å²) in [5.41, 5.74) is 1.81. The first kappa shape index (κ1) is 7.88. The fourth-order valence-electron chi connectivity index (χ4n) is 0.748. The summed E-state index contributed by atoms with van der Waals surface area (Å²) in [6, 6.07) is 0. The van der Waals surface area contributed by atoms with Gasteiger partial charge in [0.1, 0.15) is 0 Å². The molecule has 1 heterocycles. The number of rotatable bonds is 2. The highest BCUT2D eigenvalue weighted by Gasteiger charge is 1.95. The third-order valence-corrected chi connectivity index (χ3v) is 2.01. The molecule has 0 unspecified atom stereocenters. The van der Waals surface area contributed by atoms with Crippen LogP contribution < -0.4 is 0 Å². The molecule has 0 spiro atoms. The van der Waals surface area contributed by atoms with Gasteiger partial charge in [0.15, 0.2) is 0 Å². The lowest BCUT2D eigenvalue weighted by molar-refractivity contribution is 0.477. The summed E-state index contributed by atoms with van der Waals surface area (Å²) in [6.45, 7) is 0. The van der Waals surface area contributed by atoms with Crippen LogP contribution in [0.4, 0.5) is 0 Å². The molecular formula is C8H8O2S. The normalized spacial score (nSPS) is 11.6. The molecule has 0 fully saturated rings. The van der Waals surface area contributed by atoms with Crippen molar-refractivity contribution < 1.29 is 10.2 Å². The van der Waals surface area contributed by atoms with Crippen LogP contribution in [-0.4, -0.2) is 10.2 Å². The average Bonchev–Trinajstić information content (AvgIpc) is 2.39. The van der Waals surface area contributed by atoms with Crippen molar-refractivity contribution in [3.63, 3.8) is 0 Å². The Morgan fingerprint density at radius 3 is 1.82 bits per heavy atom. The highest BCUT2D eigenvalue weighted by Crippen LogP contribution is 2.17. The lowest BCUT2D eigenvalue weighted by Gasteiger charge is -1.87. The van der Waals surface area contributed by atoms with Gasteiger partial charge in [0.2, 0.25) is 0 Å². The van der Waals surface area contributed by atoms with Crippen LogP contribution in [0.3, 0.4) is 0 Å². The van der Waals surface area contributed by atoms with Crippen LogP contribution in [0.5, 0.6) is 0 Å². The monoisotopic (exact) mass is 168 g/mol. The van der Waals surface area contributed by atoms with Gasteiger partial charge in [-0.1, -0.05) is 0 Å². The second-order valence-corrected chi connectivity index (χ2v) is 2.66. The zero-order valence-corrected chi connectivity index (χ0v) is 6.58. The highest BCUT2D eigenvalue weighted by molar-refractivity contribution is 7.08. The van der Waals surface area contributed by atoms with E-state index < -0.39 is 0 Å². The van der Waals surface area contributed by atoms with E-state index in [1.165, 1.54) is 11.3 Å². The topological polar surface area (TPSA) is 40.5 Å². The Hall–Kier alpha value is -1.22. The van der Waals surface area contributed by atoms with Crippen molar-refractivity contribution in [1.29, 1.82) is 0 Å². The molecule has 0 amide bonds. The van der Waals surface area contributed by atoms with Gasteiger partial charge in [0.25, 0.3) is 0 Å². The minimum atomic E-state index is 0.905. The molecule has 0 radical (unpaired) electrons. The summed E-state index contributed by atoms with van der Waals surface area (Å²) < 4.78 is 0. The van der Waals surface area contributed by atoms with Crippen molar-refractivity contribution in [2.45, 2.75) is 0 Å². The first-order valence-corrected chi connectivity index (χ1v) is 4.00. The SMILES string of the molecule is OC=Cc1cscc1C=CO. The van der Waals surface area contributed by atoms with Crippen molar-refractivity contribution in [1.82, 2.24) is 0 Å². The molecule has 58 valence electrons. The molecule has 0 aromatic carbocycles. The number of aliphatic hydroxyl groups excluding tert-OH is 2. The fourth-order valence-corrected chi connectivity index (χ4v) is 1.54. The standard InChI is InChI=1S/C8H8O2S/c9-3-1-7-5-11-6-8(7)2-4-10/h1-6,9-10H. The van der Waals surface area contributed by atoms with E-state index >= 15 is 0 Å². The van der Waals surface area contributed by atoms with Gasteiger partial charge in [-0.15, -0.1) is 0 Å². The van der Waals surface area contributed by atoms with E-state index in [4.69, 9.17) is 10.2 Å². The Bertz CT molecular complexity index is 247. The predicted octanol–water partition coefficient (Wildman–Crippen LogP) is 2.81. The molecule has 0 saturated heterocycles. The van der Waals surface area contributed by atoms with Crippen LogP contribution in [0.15, 0.2) is 23.3 Å². The summed E-state index contributed by atoms with van der Waals surface area (Å²) in [5.74, 6) is 0. The zero-order valence-electron chi connectivity index (χ0n) is 5.77. The smallest absolute Gasteiger partial charge is 0.0798 e. The summed E-state index contributed by atoms with van der Waals surface area (Å²) in [5, 5.41) is 20.7. The molecule has 11 heavy (non-hydrogen) atoms. The molecule has 0 bridgehead atoms. The molecule has 2 N–H and O–H groups in total. The van der Waals surface area contributed by atoms with E-state index in [0.29, 0.717) is 0 Å². The van der Waals surface area contributed by atoms with Crippen LogP contribution in [0.2, 0.25) is 0 Å². The number of hydrogen-bond donors (Lipinski definition) is 2. The average molecular weight is 168 g/mol. The van der Waals surface area contributed by atoms with E-state index in [9.17, 15) is 0 Å². The summed E-state index contributed by atoms with van der Waals surface area (Å²) in [4.78, 5) is 0. The molecule has 1 rings (SSSR count). The van der Waals surface area contributed by atoms with Crippen molar-refractivity contribution in [2.24, 2.45) is 0 Å². The Morgan fingerprint density at radius 2 is 1.45 bits per heavy atom. The minimum absolute atomic E-state index is 0.905. The van der Waals surface area contributed by atoms with Crippen molar-refractivity contribution in [2.75, 3.05) is 0 Å². The molecule has 0 atom stereocenters. The quantitative estimate of drug-likeness (QED) is 0.666. The van der Waals surface area contributed by atoms with E-state index in [-0.39, 0.29) is 0 Å². The van der Waals surface area contributed by atoms with Crippen LogP contribution in [-0.2, 0) is 0 Å². The first-order chi connectivity index (χ1) is 5.38. The zero-order chi connectivity index (χ0) is 8.10. The van der Waals surface area contributed by atoms with Crippen LogP contribution >= 0.6 is 11.3 Å². The largest absolute Gasteiger partial charge is 0.516 e. The summed E-state index contributed by atoms with van der Waals surface area (Å²) in [7, 11) is 0. The van der Waals surface area contributed by atoms with E-state index in [0.717, 1.165) is 23.7 Å². The molecule has 0 aliphatic heterocycles. The molecule has 3 heteroatoms. The minimum Gasteiger partial charge on any atom is -0.516 e. The predicted molar refractivity (Wildman–Crippen MR) is 47.6 cm³/mol. The van der Waals surface area contributed by atoms with Gasteiger partial charge < -0.3 is 10.2 Å². The second kappa shape index (κ2) is 3.83. The van der Waals surface area contributed by atoms with Crippen LogP contribution in [0.1, 0.15) is 11.1 Å². The summed E-state index contributed by atoms with van der Waals surface area (Å²) >= 11 is 1.52. The third-order valence-electron chi connectivity index (χ3n) is 1.23. The molecule has 0 aliphatic carbocycles. The maximum Gasteiger partial charge on any atom is 0.0798 e. The van der Waals surface area contributed by atoms with Gasteiger partial charge in [-0.3, -0.25) is 0 Å². The van der Waals surface area contributed by atoms with Gasteiger partial charge >= 0.3 is 0 Å². The van der Waals surface area contributed by atoms with Gasteiger partial charge in [-0.2, -0.15) is 11.3 Å². The lowest BCUT2D eigenvalue weighted by atomic mass is 10.2. The van der Waals surface area contributed by atoms with Gasteiger partial charge in [-0.25, -0.2) is 0 Å². The van der Waals surface area contributed by atoms with Gasteiger partial charge in [0, 0.05) is 0 Å². The maximum atomic E-state index is 8.47. The molecule has 0 saturated carbocycles. The Morgan fingerprint density at radius 1 is 1.00 bits per heavy atom. The van der Waals surface area contributed by atoms with E-state index in [1.807, 2.05) is 10.8 Å². The summed E-state index contributed by atoms with van der Waals surface area (Å²) in [6.07, 6.45) is 5.12. The Kier molecular flexibility index (Phi) is 2.74. The van der Waals surface area contributed by atoms with E-state index in [1.54, 1.807) is 12.2 Å². The second-order valence-electron chi connectivity index (χ2n) is 1.91. The third kappa shape index (κ3) is 1.85. The van der Waals surface area contributed by atoms with Crippen molar-refractivity contribution >= 4 is 23.5 Å². The molecule has 1 aromatic heterocycles. The van der Waals surface area contributed by atoms with Crippen molar-refractivity contribution in [3.05, 3.63) is 34.4 Å². The van der Waals surface area contributed by atoms with Crippen LogP contribution in [0.25, 0.3) is 12.2 Å². The first-order valence-electron chi connectivity index (χ1n) is 3.06. The number of aliphatic hydroxyl groups is 2. The van der Waals surface area contributed by atoms with Gasteiger partial charge in [0.05, 0.1) is 12.5 Å². The van der Waals surface area contributed by atoms with Gasteiger partial charge in [-0.05, 0) is 34.0 Å². The molecule has 1 aromatic rings. The highest BCUT2D eigenvalue weighted by atomic mass is 32.1. The fraction of sp³-hybridized carbons (Fsp3) is 0. The Balaban J connectivity index is 2.95. The number of hydrogen-bond acceptors (Lipinski definition) is 3. The Labute approximate surface area is 68.7 Å². The lowest BCUT2D eigenvalue weighted by Crippen LogP contribution is -1.70. The molecular weight excluding hydrogens is 160 g/mol. The molecule has 0 aliphatic rings. The van der Waals surface area contributed by atoms with E-state index in [2.05, 4.69) is 0 Å².